The molecular formula is C23H22N2O2. The van der Waals surface area contributed by atoms with Crippen molar-refractivity contribution in [3.05, 3.63) is 95.1 Å². The summed E-state index contributed by atoms with van der Waals surface area (Å²) >= 11 is 0. The second-order valence-corrected chi connectivity index (χ2v) is 6.48. The molecule has 1 N–H and O–H groups in total. The smallest absolute Gasteiger partial charge is 0.258 e. The van der Waals surface area contributed by atoms with E-state index >= 15 is 0 Å². The Hall–Kier alpha value is -3.40. The number of benzene rings is 3. The molecule has 0 unspecified atom stereocenters. The van der Waals surface area contributed by atoms with Crippen LogP contribution in [0.3, 0.4) is 0 Å². The van der Waals surface area contributed by atoms with Gasteiger partial charge in [-0.25, -0.2) is 0 Å². The first-order valence-corrected chi connectivity index (χ1v) is 8.78. The van der Waals surface area contributed by atoms with Gasteiger partial charge in [0.2, 0.25) is 0 Å². The maximum Gasteiger partial charge on any atom is 0.258 e. The number of nitrogens with zero attached hydrogens (tertiary/aromatic N) is 1. The molecule has 0 heterocycles. The van der Waals surface area contributed by atoms with Crippen LogP contribution in [0.1, 0.15) is 31.8 Å². The van der Waals surface area contributed by atoms with Gasteiger partial charge in [-0.05, 0) is 61.4 Å². The van der Waals surface area contributed by atoms with Crippen LogP contribution in [0.25, 0.3) is 0 Å². The van der Waals surface area contributed by atoms with Gasteiger partial charge >= 0.3 is 0 Å². The van der Waals surface area contributed by atoms with Gasteiger partial charge in [0.05, 0.1) is 0 Å². The summed E-state index contributed by atoms with van der Waals surface area (Å²) in [5, 5.41) is 2.93. The molecule has 0 aliphatic heterocycles. The maximum atomic E-state index is 12.8. The number of carbonyl (C=O) groups is 2. The van der Waals surface area contributed by atoms with E-state index in [4.69, 9.17) is 0 Å². The van der Waals surface area contributed by atoms with Crippen LogP contribution < -0.4 is 10.2 Å². The molecule has 0 atom stereocenters. The minimum Gasteiger partial charge on any atom is -0.322 e. The quantitative estimate of drug-likeness (QED) is 0.726. The molecule has 136 valence electrons. The summed E-state index contributed by atoms with van der Waals surface area (Å²) in [6, 6.07) is 22.0. The highest BCUT2D eigenvalue weighted by atomic mass is 16.2. The third-order valence-corrected chi connectivity index (χ3v) is 4.67. The highest BCUT2D eigenvalue weighted by molar-refractivity contribution is 6.09. The van der Waals surface area contributed by atoms with E-state index in [1.54, 1.807) is 36.2 Å². The van der Waals surface area contributed by atoms with Crippen LogP contribution in [0, 0.1) is 13.8 Å². The van der Waals surface area contributed by atoms with Crippen molar-refractivity contribution in [3.63, 3.8) is 0 Å². The fourth-order valence-corrected chi connectivity index (χ4v) is 2.84. The van der Waals surface area contributed by atoms with Crippen LogP contribution in [0.5, 0.6) is 0 Å². The number of aryl methyl sites for hydroxylation is 1. The first-order valence-electron chi connectivity index (χ1n) is 8.78. The molecular weight excluding hydrogens is 336 g/mol. The molecule has 3 rings (SSSR count). The third kappa shape index (κ3) is 4.06. The van der Waals surface area contributed by atoms with Crippen molar-refractivity contribution in [2.45, 2.75) is 13.8 Å². The van der Waals surface area contributed by atoms with Crippen LogP contribution in [-0.4, -0.2) is 18.9 Å². The molecule has 0 bridgehead atoms. The fraction of sp³-hybridized carbons (Fsp3) is 0.130. The second-order valence-electron chi connectivity index (χ2n) is 6.48. The number of hydrogen-bond donors (Lipinski definition) is 1. The monoisotopic (exact) mass is 358 g/mol. The summed E-state index contributed by atoms with van der Waals surface area (Å²) in [5.41, 5.74) is 4.63. The number of para-hydroxylation sites is 1. The fourth-order valence-electron chi connectivity index (χ4n) is 2.84. The first-order chi connectivity index (χ1) is 13.0. The molecule has 3 aromatic carbocycles. The Kier molecular flexibility index (Phi) is 5.36. The summed E-state index contributed by atoms with van der Waals surface area (Å²) in [7, 11) is 1.72. The largest absolute Gasteiger partial charge is 0.322 e. The summed E-state index contributed by atoms with van der Waals surface area (Å²) in [5.74, 6) is -0.400. The molecule has 0 saturated heterocycles. The second kappa shape index (κ2) is 7.87. The molecule has 0 radical (unpaired) electrons. The maximum absolute atomic E-state index is 12.8. The number of rotatable bonds is 4. The van der Waals surface area contributed by atoms with Gasteiger partial charge in [-0.2, -0.15) is 0 Å². The number of nitrogens with one attached hydrogen (secondary N) is 1. The normalized spacial score (nSPS) is 10.3. The van der Waals surface area contributed by atoms with Crippen molar-refractivity contribution in [1.82, 2.24) is 0 Å². The molecule has 0 fully saturated rings. The lowest BCUT2D eigenvalue weighted by Gasteiger charge is -2.17. The van der Waals surface area contributed by atoms with Gasteiger partial charge in [-0.3, -0.25) is 9.59 Å². The molecule has 0 spiro atoms. The lowest BCUT2D eigenvalue weighted by Crippen LogP contribution is -2.26. The van der Waals surface area contributed by atoms with Gasteiger partial charge < -0.3 is 10.2 Å². The van der Waals surface area contributed by atoms with Gasteiger partial charge in [0.1, 0.15) is 0 Å². The standard InChI is InChI=1S/C23H22N2O2/c1-16-9-7-14-21(17(16)2)24-22(26)18-10-8-11-19(15-18)23(27)25(3)20-12-5-4-6-13-20/h4-15H,1-3H3,(H,24,26). The third-order valence-electron chi connectivity index (χ3n) is 4.67. The predicted molar refractivity (Wildman–Crippen MR) is 109 cm³/mol. The van der Waals surface area contributed by atoms with Gasteiger partial charge in [-0.1, -0.05) is 36.4 Å². The van der Waals surface area contributed by atoms with Crippen molar-refractivity contribution in [3.8, 4) is 0 Å². The Morgan fingerprint density at radius 3 is 2.22 bits per heavy atom. The zero-order valence-electron chi connectivity index (χ0n) is 15.7. The van der Waals surface area contributed by atoms with E-state index < -0.39 is 0 Å². The molecule has 0 aliphatic carbocycles. The molecule has 0 aromatic heterocycles. The van der Waals surface area contributed by atoms with Crippen molar-refractivity contribution in [2.75, 3.05) is 17.3 Å². The predicted octanol–water partition coefficient (Wildman–Crippen LogP) is 4.83. The minimum atomic E-state index is -0.235. The summed E-state index contributed by atoms with van der Waals surface area (Å²) in [6.45, 7) is 3.98. The van der Waals surface area contributed by atoms with Crippen LogP contribution in [0.2, 0.25) is 0 Å². The summed E-state index contributed by atoms with van der Waals surface area (Å²) in [4.78, 5) is 27.0. The average molecular weight is 358 g/mol. The molecule has 3 aromatic rings. The van der Waals surface area contributed by atoms with Crippen LogP contribution in [0.15, 0.2) is 72.8 Å². The van der Waals surface area contributed by atoms with E-state index in [1.807, 2.05) is 62.4 Å². The average Bonchev–Trinajstić information content (AvgIpc) is 2.71. The zero-order chi connectivity index (χ0) is 19.4. The Bertz CT molecular complexity index is 981. The Balaban J connectivity index is 1.81. The number of carbonyl (C=O) groups excluding carboxylic acids is 2. The van der Waals surface area contributed by atoms with Crippen LogP contribution in [0.4, 0.5) is 11.4 Å². The Morgan fingerprint density at radius 2 is 1.48 bits per heavy atom. The summed E-state index contributed by atoms with van der Waals surface area (Å²) < 4.78 is 0. The van der Waals surface area contributed by atoms with Gasteiger partial charge in [0, 0.05) is 29.5 Å². The lowest BCUT2D eigenvalue weighted by molar-refractivity contribution is 0.0993. The van der Waals surface area contributed by atoms with Gasteiger partial charge in [-0.15, -0.1) is 0 Å². The lowest BCUT2D eigenvalue weighted by atomic mass is 10.1. The van der Waals surface area contributed by atoms with E-state index in [0.717, 1.165) is 22.5 Å². The molecule has 4 nitrogen and oxygen atoms in total. The van der Waals surface area contributed by atoms with E-state index in [9.17, 15) is 9.59 Å². The van der Waals surface area contributed by atoms with Gasteiger partial charge in [0.15, 0.2) is 0 Å². The topological polar surface area (TPSA) is 49.4 Å². The van der Waals surface area contributed by atoms with Crippen molar-refractivity contribution >= 4 is 23.2 Å². The van der Waals surface area contributed by atoms with E-state index in [2.05, 4.69) is 5.32 Å². The number of hydrogen-bond acceptors (Lipinski definition) is 2. The molecule has 27 heavy (non-hydrogen) atoms. The van der Waals surface area contributed by atoms with E-state index in [-0.39, 0.29) is 11.8 Å². The van der Waals surface area contributed by atoms with Crippen molar-refractivity contribution in [2.24, 2.45) is 0 Å². The summed E-state index contributed by atoms with van der Waals surface area (Å²) in [6.07, 6.45) is 0. The van der Waals surface area contributed by atoms with Crippen LogP contribution in [-0.2, 0) is 0 Å². The zero-order valence-corrected chi connectivity index (χ0v) is 15.7. The molecule has 2 amide bonds. The number of amides is 2. The van der Waals surface area contributed by atoms with E-state index in [1.165, 1.54) is 0 Å². The molecule has 4 heteroatoms. The van der Waals surface area contributed by atoms with Crippen molar-refractivity contribution < 1.29 is 9.59 Å². The highest BCUT2D eigenvalue weighted by Gasteiger charge is 2.16. The highest BCUT2D eigenvalue weighted by Crippen LogP contribution is 2.20. The number of anilines is 2. The molecule has 0 saturated carbocycles. The Labute approximate surface area is 159 Å². The molecule has 0 aliphatic rings. The van der Waals surface area contributed by atoms with E-state index in [0.29, 0.717) is 11.1 Å². The Morgan fingerprint density at radius 1 is 0.815 bits per heavy atom. The van der Waals surface area contributed by atoms with Gasteiger partial charge in [0.25, 0.3) is 11.8 Å². The first kappa shape index (κ1) is 18.4. The van der Waals surface area contributed by atoms with Crippen LogP contribution >= 0.6 is 0 Å². The van der Waals surface area contributed by atoms with Crippen molar-refractivity contribution in [1.29, 1.82) is 0 Å². The minimum absolute atomic E-state index is 0.164. The SMILES string of the molecule is Cc1cccc(NC(=O)c2cccc(C(=O)N(C)c3ccccc3)c2)c1C.